The van der Waals surface area contributed by atoms with Crippen molar-refractivity contribution in [2.24, 2.45) is 0 Å². The molecule has 2 nitrogen and oxygen atoms in total. The maximum absolute atomic E-state index is 12.1. The summed E-state index contributed by atoms with van der Waals surface area (Å²) in [7, 11) is 0. The summed E-state index contributed by atoms with van der Waals surface area (Å²) in [5, 5.41) is 0. The molecule has 0 fully saturated rings. The summed E-state index contributed by atoms with van der Waals surface area (Å²) < 4.78 is 40.8. The molecule has 0 saturated carbocycles. The van der Waals surface area contributed by atoms with Crippen LogP contribution in [0.2, 0.25) is 0 Å². The molecular formula is C7H11F3O2. The first-order valence-electron chi connectivity index (χ1n) is 3.43. The standard InChI is InChI=1S/C7H11F3O2/c1-5(3-11)12-7(2,4-8)6(9)10/h3,5-6H,4H2,1-2H3. The normalized spacial score (nSPS) is 18.8. The minimum atomic E-state index is -2.94. The van der Waals surface area contributed by atoms with E-state index < -0.39 is 24.8 Å². The number of carbonyl (C=O) groups excluding carboxylic acids is 1. The highest BCUT2D eigenvalue weighted by molar-refractivity contribution is 5.55. The Kier molecular flexibility index (Phi) is 4.23. The van der Waals surface area contributed by atoms with Gasteiger partial charge in [-0.05, 0) is 13.8 Å². The van der Waals surface area contributed by atoms with E-state index in [1.54, 1.807) is 0 Å². The largest absolute Gasteiger partial charge is 0.356 e. The van der Waals surface area contributed by atoms with Crippen molar-refractivity contribution in [3.05, 3.63) is 0 Å². The molecule has 12 heavy (non-hydrogen) atoms. The first-order valence-corrected chi connectivity index (χ1v) is 3.43. The van der Waals surface area contributed by atoms with E-state index in [9.17, 15) is 18.0 Å². The molecule has 0 radical (unpaired) electrons. The second-order valence-electron chi connectivity index (χ2n) is 2.71. The molecular weight excluding hydrogens is 173 g/mol. The maximum atomic E-state index is 12.1. The van der Waals surface area contributed by atoms with Crippen molar-refractivity contribution < 1.29 is 22.7 Å². The number of carbonyl (C=O) groups is 1. The summed E-state index contributed by atoms with van der Waals surface area (Å²) in [6.07, 6.45) is -3.61. The second kappa shape index (κ2) is 4.45. The lowest BCUT2D eigenvalue weighted by atomic mass is 10.1. The molecule has 0 aliphatic heterocycles. The highest BCUT2D eigenvalue weighted by Gasteiger charge is 2.37. The Morgan fingerprint density at radius 1 is 1.58 bits per heavy atom. The van der Waals surface area contributed by atoms with Crippen LogP contribution in [0.3, 0.4) is 0 Å². The third-order valence-electron chi connectivity index (χ3n) is 1.37. The van der Waals surface area contributed by atoms with Crippen LogP contribution in [0.4, 0.5) is 13.2 Å². The number of rotatable bonds is 5. The van der Waals surface area contributed by atoms with Crippen LogP contribution in [0.25, 0.3) is 0 Å². The van der Waals surface area contributed by atoms with E-state index in [0.29, 0.717) is 6.29 Å². The van der Waals surface area contributed by atoms with Gasteiger partial charge in [-0.3, -0.25) is 0 Å². The van der Waals surface area contributed by atoms with Gasteiger partial charge in [0.2, 0.25) is 0 Å². The van der Waals surface area contributed by atoms with E-state index in [4.69, 9.17) is 0 Å². The van der Waals surface area contributed by atoms with E-state index in [1.165, 1.54) is 6.92 Å². The van der Waals surface area contributed by atoms with Crippen LogP contribution in [0.15, 0.2) is 0 Å². The topological polar surface area (TPSA) is 26.3 Å². The number of hydrogen-bond donors (Lipinski definition) is 0. The molecule has 0 spiro atoms. The second-order valence-corrected chi connectivity index (χ2v) is 2.71. The Hall–Kier alpha value is -0.580. The van der Waals surface area contributed by atoms with E-state index in [1.807, 2.05) is 0 Å². The van der Waals surface area contributed by atoms with E-state index in [2.05, 4.69) is 4.74 Å². The predicted octanol–water partition coefficient (Wildman–Crippen LogP) is 1.58. The maximum Gasteiger partial charge on any atom is 0.269 e. The zero-order valence-corrected chi connectivity index (χ0v) is 6.89. The molecule has 72 valence electrons. The minimum Gasteiger partial charge on any atom is -0.356 e. The predicted molar refractivity (Wildman–Crippen MR) is 37.0 cm³/mol. The number of halogens is 3. The van der Waals surface area contributed by atoms with Crippen LogP contribution < -0.4 is 0 Å². The first kappa shape index (κ1) is 11.4. The summed E-state index contributed by atoms with van der Waals surface area (Å²) in [5.41, 5.74) is -2.17. The number of hydrogen-bond acceptors (Lipinski definition) is 2. The molecule has 0 rings (SSSR count). The monoisotopic (exact) mass is 184 g/mol. The quantitative estimate of drug-likeness (QED) is 0.606. The summed E-state index contributed by atoms with van der Waals surface area (Å²) in [6, 6.07) is 0. The smallest absolute Gasteiger partial charge is 0.269 e. The lowest BCUT2D eigenvalue weighted by Gasteiger charge is -2.27. The fourth-order valence-electron chi connectivity index (χ4n) is 0.594. The summed E-state index contributed by atoms with van der Waals surface area (Å²) >= 11 is 0. The van der Waals surface area contributed by atoms with Gasteiger partial charge in [-0.1, -0.05) is 0 Å². The third kappa shape index (κ3) is 2.81. The van der Waals surface area contributed by atoms with Crippen molar-refractivity contribution in [1.29, 1.82) is 0 Å². The van der Waals surface area contributed by atoms with Gasteiger partial charge in [0.15, 0.2) is 5.60 Å². The average Bonchev–Trinajstić information content (AvgIpc) is 2.03. The zero-order chi connectivity index (χ0) is 9.78. The van der Waals surface area contributed by atoms with Gasteiger partial charge in [0.1, 0.15) is 19.1 Å². The Balaban J connectivity index is 4.23. The number of ether oxygens (including phenoxy) is 1. The molecule has 0 N–H and O–H groups in total. The van der Waals surface area contributed by atoms with E-state index in [0.717, 1.165) is 6.92 Å². The molecule has 0 aliphatic rings. The molecule has 0 amide bonds. The van der Waals surface area contributed by atoms with E-state index >= 15 is 0 Å². The molecule has 0 saturated heterocycles. The van der Waals surface area contributed by atoms with Gasteiger partial charge < -0.3 is 9.53 Å². The lowest BCUT2D eigenvalue weighted by molar-refractivity contribution is -0.166. The van der Waals surface area contributed by atoms with Crippen molar-refractivity contribution in [3.63, 3.8) is 0 Å². The summed E-state index contributed by atoms with van der Waals surface area (Å²) in [4.78, 5) is 10.0. The SMILES string of the molecule is CC(C=O)OC(C)(CF)C(F)F. The molecule has 2 atom stereocenters. The van der Waals surface area contributed by atoms with Gasteiger partial charge in [0.25, 0.3) is 6.43 Å². The zero-order valence-electron chi connectivity index (χ0n) is 6.89. The van der Waals surface area contributed by atoms with Crippen molar-refractivity contribution in [2.45, 2.75) is 32.0 Å². The molecule has 0 aromatic carbocycles. The lowest BCUT2D eigenvalue weighted by Crippen LogP contribution is -2.42. The van der Waals surface area contributed by atoms with Gasteiger partial charge in [0.05, 0.1) is 0 Å². The van der Waals surface area contributed by atoms with Crippen molar-refractivity contribution >= 4 is 6.29 Å². The van der Waals surface area contributed by atoms with Gasteiger partial charge >= 0.3 is 0 Å². The fraction of sp³-hybridized carbons (Fsp3) is 0.857. The van der Waals surface area contributed by atoms with Crippen LogP contribution in [-0.2, 0) is 9.53 Å². The Morgan fingerprint density at radius 2 is 2.08 bits per heavy atom. The molecule has 0 aromatic heterocycles. The van der Waals surface area contributed by atoms with Gasteiger partial charge in [-0.25, -0.2) is 13.2 Å². The first-order chi connectivity index (χ1) is 5.46. The van der Waals surface area contributed by atoms with Crippen molar-refractivity contribution in [1.82, 2.24) is 0 Å². The van der Waals surface area contributed by atoms with Gasteiger partial charge in [-0.15, -0.1) is 0 Å². The molecule has 5 heteroatoms. The molecule has 0 aromatic rings. The Labute approximate surface area is 68.7 Å². The Morgan fingerprint density at radius 3 is 2.33 bits per heavy atom. The highest BCUT2D eigenvalue weighted by atomic mass is 19.3. The van der Waals surface area contributed by atoms with Crippen molar-refractivity contribution in [3.8, 4) is 0 Å². The molecule has 0 bridgehead atoms. The summed E-state index contributed by atoms with van der Waals surface area (Å²) in [5.74, 6) is 0. The van der Waals surface area contributed by atoms with Crippen LogP contribution in [-0.4, -0.2) is 31.1 Å². The average molecular weight is 184 g/mol. The third-order valence-corrected chi connectivity index (χ3v) is 1.37. The van der Waals surface area contributed by atoms with E-state index in [-0.39, 0.29) is 0 Å². The fourth-order valence-corrected chi connectivity index (χ4v) is 0.594. The van der Waals surface area contributed by atoms with Gasteiger partial charge in [0, 0.05) is 0 Å². The molecule has 0 aliphatic carbocycles. The summed E-state index contributed by atoms with van der Waals surface area (Å²) in [6.45, 7) is 0.893. The van der Waals surface area contributed by atoms with Crippen LogP contribution in [0.5, 0.6) is 0 Å². The van der Waals surface area contributed by atoms with Crippen LogP contribution in [0.1, 0.15) is 13.8 Å². The van der Waals surface area contributed by atoms with Crippen LogP contribution >= 0.6 is 0 Å². The Bertz CT molecular complexity index is 152. The minimum absolute atomic E-state index is 0.344. The molecule has 2 unspecified atom stereocenters. The van der Waals surface area contributed by atoms with Crippen molar-refractivity contribution in [2.75, 3.05) is 6.67 Å². The van der Waals surface area contributed by atoms with Gasteiger partial charge in [-0.2, -0.15) is 0 Å². The number of aldehydes is 1. The number of alkyl halides is 3. The molecule has 0 heterocycles. The highest BCUT2D eigenvalue weighted by Crippen LogP contribution is 2.22. The van der Waals surface area contributed by atoms with Crippen LogP contribution in [0, 0.1) is 0 Å².